The molecule has 2 N–H and O–H groups in total. The van der Waals surface area contributed by atoms with Gasteiger partial charge in [-0.25, -0.2) is 0 Å². The van der Waals surface area contributed by atoms with Crippen molar-refractivity contribution in [1.82, 2.24) is 4.90 Å². The zero-order valence-electron chi connectivity index (χ0n) is 10.4. The van der Waals surface area contributed by atoms with Crippen LogP contribution in [-0.4, -0.2) is 24.0 Å². The lowest BCUT2D eigenvalue weighted by molar-refractivity contribution is 0.255. The average Bonchev–Trinajstić information content (AvgIpc) is 2.64. The Bertz CT molecular complexity index is 401. The minimum Gasteiger partial charge on any atom is -0.330 e. The van der Waals surface area contributed by atoms with Gasteiger partial charge in [-0.3, -0.25) is 4.90 Å². The van der Waals surface area contributed by atoms with Crippen LogP contribution in [-0.2, 0) is 6.54 Å². The molecule has 102 valence electrons. The summed E-state index contributed by atoms with van der Waals surface area (Å²) >= 11 is 9.52. The predicted octanol–water partition coefficient (Wildman–Crippen LogP) is 3.69. The summed E-state index contributed by atoms with van der Waals surface area (Å²) in [5.74, 6) is 0.649. The highest BCUT2D eigenvalue weighted by molar-refractivity contribution is 9.10. The van der Waals surface area contributed by atoms with Crippen molar-refractivity contribution in [3.63, 3.8) is 0 Å². The Labute approximate surface area is 128 Å². The molecule has 0 aliphatic carbocycles. The Morgan fingerprint density at radius 2 is 2.22 bits per heavy atom. The van der Waals surface area contributed by atoms with E-state index in [0.717, 1.165) is 29.1 Å². The van der Waals surface area contributed by atoms with Crippen molar-refractivity contribution >= 4 is 39.9 Å². The SMILES string of the molecule is CC1CC(CN)CN1Cc1ccc(Cl)cc1Br.Cl. The Morgan fingerprint density at radius 3 is 2.78 bits per heavy atom. The summed E-state index contributed by atoms with van der Waals surface area (Å²) in [4.78, 5) is 2.49. The largest absolute Gasteiger partial charge is 0.330 e. The summed E-state index contributed by atoms with van der Waals surface area (Å²) in [5, 5.41) is 0.773. The summed E-state index contributed by atoms with van der Waals surface area (Å²) in [5.41, 5.74) is 7.04. The second-order valence-corrected chi connectivity index (χ2v) is 6.14. The van der Waals surface area contributed by atoms with E-state index < -0.39 is 0 Å². The van der Waals surface area contributed by atoms with Gasteiger partial charge in [-0.15, -0.1) is 12.4 Å². The lowest BCUT2D eigenvalue weighted by atomic mass is 10.1. The molecule has 18 heavy (non-hydrogen) atoms. The van der Waals surface area contributed by atoms with E-state index >= 15 is 0 Å². The third-order valence-corrected chi connectivity index (χ3v) is 4.49. The quantitative estimate of drug-likeness (QED) is 0.897. The van der Waals surface area contributed by atoms with Crippen molar-refractivity contribution in [2.24, 2.45) is 11.7 Å². The number of rotatable bonds is 3. The summed E-state index contributed by atoms with van der Waals surface area (Å²) in [6.45, 7) is 5.14. The minimum absolute atomic E-state index is 0. The Kier molecular flexibility index (Phi) is 6.42. The topological polar surface area (TPSA) is 29.3 Å². The van der Waals surface area contributed by atoms with Crippen LogP contribution >= 0.6 is 39.9 Å². The van der Waals surface area contributed by atoms with E-state index in [9.17, 15) is 0 Å². The minimum atomic E-state index is 0. The van der Waals surface area contributed by atoms with E-state index in [0.29, 0.717) is 12.0 Å². The molecule has 2 unspecified atom stereocenters. The Hall–Kier alpha value is 0.200. The normalized spacial score (nSPS) is 24.0. The molecule has 2 nitrogen and oxygen atoms in total. The van der Waals surface area contributed by atoms with Crippen molar-refractivity contribution in [3.05, 3.63) is 33.3 Å². The first-order valence-electron chi connectivity index (χ1n) is 5.98. The van der Waals surface area contributed by atoms with Gasteiger partial charge in [-0.1, -0.05) is 33.6 Å². The molecule has 1 aromatic carbocycles. The molecule has 0 saturated carbocycles. The van der Waals surface area contributed by atoms with Gasteiger partial charge in [-0.05, 0) is 43.5 Å². The molecule has 1 heterocycles. The summed E-state index contributed by atoms with van der Waals surface area (Å²) in [7, 11) is 0. The first-order valence-corrected chi connectivity index (χ1v) is 7.15. The second-order valence-electron chi connectivity index (χ2n) is 4.85. The fourth-order valence-corrected chi connectivity index (χ4v) is 3.29. The highest BCUT2D eigenvalue weighted by atomic mass is 79.9. The molecule has 1 saturated heterocycles. The van der Waals surface area contributed by atoms with Gasteiger partial charge in [-0.2, -0.15) is 0 Å². The lowest BCUT2D eigenvalue weighted by Gasteiger charge is -2.21. The zero-order valence-corrected chi connectivity index (χ0v) is 13.6. The zero-order chi connectivity index (χ0) is 12.4. The molecule has 0 radical (unpaired) electrons. The van der Waals surface area contributed by atoms with E-state index in [1.165, 1.54) is 12.0 Å². The highest BCUT2D eigenvalue weighted by Gasteiger charge is 2.28. The Morgan fingerprint density at radius 1 is 1.50 bits per heavy atom. The maximum absolute atomic E-state index is 5.95. The fourth-order valence-electron chi connectivity index (χ4n) is 2.48. The summed E-state index contributed by atoms with van der Waals surface area (Å²) < 4.78 is 1.09. The van der Waals surface area contributed by atoms with Crippen molar-refractivity contribution in [2.75, 3.05) is 13.1 Å². The van der Waals surface area contributed by atoms with Gasteiger partial charge >= 0.3 is 0 Å². The van der Waals surface area contributed by atoms with Crippen LogP contribution in [0.3, 0.4) is 0 Å². The van der Waals surface area contributed by atoms with Crippen molar-refractivity contribution < 1.29 is 0 Å². The van der Waals surface area contributed by atoms with Crippen molar-refractivity contribution in [1.29, 1.82) is 0 Å². The summed E-state index contributed by atoms with van der Waals surface area (Å²) in [6.07, 6.45) is 1.21. The van der Waals surface area contributed by atoms with Crippen molar-refractivity contribution in [3.8, 4) is 0 Å². The monoisotopic (exact) mass is 352 g/mol. The number of hydrogen-bond acceptors (Lipinski definition) is 2. The van der Waals surface area contributed by atoms with E-state index in [2.05, 4.69) is 33.8 Å². The predicted molar refractivity (Wildman–Crippen MR) is 83.4 cm³/mol. The van der Waals surface area contributed by atoms with Gasteiger partial charge in [0.15, 0.2) is 0 Å². The molecule has 2 rings (SSSR count). The third-order valence-electron chi connectivity index (χ3n) is 3.51. The number of likely N-dealkylation sites (tertiary alicyclic amines) is 1. The molecule has 1 fully saturated rings. The third kappa shape index (κ3) is 3.84. The van der Waals surface area contributed by atoms with Gasteiger partial charge in [0.1, 0.15) is 0 Å². The number of halogens is 3. The molecule has 1 aromatic rings. The molecule has 0 amide bonds. The van der Waals surface area contributed by atoms with E-state index in [1.807, 2.05) is 12.1 Å². The molecule has 2 atom stereocenters. The molecular formula is C13H19BrCl2N2. The van der Waals surface area contributed by atoms with Gasteiger partial charge in [0, 0.05) is 28.6 Å². The fraction of sp³-hybridized carbons (Fsp3) is 0.538. The van der Waals surface area contributed by atoms with Gasteiger partial charge in [0.2, 0.25) is 0 Å². The van der Waals surface area contributed by atoms with E-state index in [-0.39, 0.29) is 12.4 Å². The van der Waals surface area contributed by atoms with Gasteiger partial charge < -0.3 is 5.73 Å². The van der Waals surface area contributed by atoms with E-state index in [4.69, 9.17) is 17.3 Å². The highest BCUT2D eigenvalue weighted by Crippen LogP contribution is 2.28. The van der Waals surface area contributed by atoms with Crippen LogP contribution in [0.4, 0.5) is 0 Å². The molecule has 0 bridgehead atoms. The lowest BCUT2D eigenvalue weighted by Crippen LogP contribution is -2.27. The van der Waals surface area contributed by atoms with Crippen LogP contribution in [0, 0.1) is 5.92 Å². The van der Waals surface area contributed by atoms with Crippen LogP contribution in [0.25, 0.3) is 0 Å². The second kappa shape index (κ2) is 7.11. The molecule has 0 spiro atoms. The number of nitrogens with two attached hydrogens (primary N) is 1. The molecule has 0 aromatic heterocycles. The number of nitrogens with zero attached hydrogens (tertiary/aromatic N) is 1. The molecule has 1 aliphatic heterocycles. The summed E-state index contributed by atoms with van der Waals surface area (Å²) in [6, 6.07) is 6.61. The molecule has 5 heteroatoms. The average molecular weight is 354 g/mol. The maximum atomic E-state index is 5.95. The standard InChI is InChI=1S/C13H18BrClN2.ClH/c1-9-4-10(6-16)7-17(9)8-11-2-3-12(15)5-13(11)14;/h2-3,5,9-10H,4,6-8,16H2,1H3;1H. The Balaban J connectivity index is 0.00000162. The number of hydrogen-bond donors (Lipinski definition) is 1. The maximum Gasteiger partial charge on any atom is 0.0417 e. The smallest absolute Gasteiger partial charge is 0.0417 e. The van der Waals surface area contributed by atoms with Crippen LogP contribution in [0.1, 0.15) is 18.9 Å². The van der Waals surface area contributed by atoms with Crippen LogP contribution in [0.15, 0.2) is 22.7 Å². The van der Waals surface area contributed by atoms with E-state index in [1.54, 1.807) is 0 Å². The molecular weight excluding hydrogens is 335 g/mol. The van der Waals surface area contributed by atoms with Crippen LogP contribution in [0.2, 0.25) is 5.02 Å². The van der Waals surface area contributed by atoms with Gasteiger partial charge in [0.25, 0.3) is 0 Å². The molecule has 1 aliphatic rings. The van der Waals surface area contributed by atoms with Crippen molar-refractivity contribution in [2.45, 2.75) is 25.9 Å². The van der Waals surface area contributed by atoms with Crippen LogP contribution < -0.4 is 5.73 Å². The first-order chi connectivity index (χ1) is 8.10. The van der Waals surface area contributed by atoms with Gasteiger partial charge in [0.05, 0.1) is 0 Å². The first kappa shape index (κ1) is 16.3. The van der Waals surface area contributed by atoms with Crippen LogP contribution in [0.5, 0.6) is 0 Å². The number of benzene rings is 1.